The minimum atomic E-state index is -0.355. The Kier molecular flexibility index (Phi) is 6.75. The van der Waals surface area contributed by atoms with E-state index in [0.29, 0.717) is 23.1 Å². The summed E-state index contributed by atoms with van der Waals surface area (Å²) < 4.78 is 27.6. The van der Waals surface area contributed by atoms with Crippen molar-refractivity contribution in [3.8, 4) is 0 Å². The molecule has 4 heteroatoms. The second kappa shape index (κ2) is 7.85. The number of halogens is 2. The van der Waals surface area contributed by atoms with E-state index in [1.807, 2.05) is 21.0 Å². The molecule has 0 bridgehead atoms. The van der Waals surface area contributed by atoms with Crippen molar-refractivity contribution in [1.82, 2.24) is 10.2 Å². The molecule has 0 aliphatic heterocycles. The second-order valence-corrected chi connectivity index (χ2v) is 6.50. The maximum atomic E-state index is 14.0. The number of likely N-dealkylation sites (N-methyl/N-ethyl adjacent to an activating group) is 1. The molecule has 120 valence electrons. The Labute approximate surface area is 127 Å². The van der Waals surface area contributed by atoms with Gasteiger partial charge < -0.3 is 10.2 Å². The highest BCUT2D eigenvalue weighted by Gasteiger charge is 2.17. The summed E-state index contributed by atoms with van der Waals surface area (Å²) in [7, 11) is 4.09. The first-order valence-corrected chi connectivity index (χ1v) is 7.57. The Balaban J connectivity index is 2.72. The molecule has 2 nitrogen and oxygen atoms in total. The zero-order valence-corrected chi connectivity index (χ0v) is 14.0. The molecule has 0 amide bonds. The number of benzene rings is 1. The van der Waals surface area contributed by atoms with Gasteiger partial charge in [-0.25, -0.2) is 8.78 Å². The van der Waals surface area contributed by atoms with Crippen LogP contribution in [0.4, 0.5) is 8.78 Å². The minimum Gasteiger partial charge on any atom is -0.309 e. The maximum Gasteiger partial charge on any atom is 0.128 e. The maximum absolute atomic E-state index is 14.0. The van der Waals surface area contributed by atoms with Gasteiger partial charge in [0.05, 0.1) is 0 Å². The van der Waals surface area contributed by atoms with Gasteiger partial charge in [0.25, 0.3) is 0 Å². The molecule has 0 aliphatic carbocycles. The average Bonchev–Trinajstić information content (AvgIpc) is 2.37. The molecule has 0 aromatic heterocycles. The van der Waals surface area contributed by atoms with E-state index in [1.54, 1.807) is 6.92 Å². The van der Waals surface area contributed by atoms with Crippen LogP contribution in [0.1, 0.15) is 44.4 Å². The van der Waals surface area contributed by atoms with Crippen LogP contribution in [-0.4, -0.2) is 31.6 Å². The lowest BCUT2D eigenvalue weighted by Gasteiger charge is -2.28. The smallest absolute Gasteiger partial charge is 0.128 e. The molecular weight excluding hydrogens is 270 g/mol. The summed E-state index contributed by atoms with van der Waals surface area (Å²) >= 11 is 0. The van der Waals surface area contributed by atoms with E-state index in [2.05, 4.69) is 24.1 Å². The van der Waals surface area contributed by atoms with E-state index in [1.165, 1.54) is 12.1 Å². The van der Waals surface area contributed by atoms with Crippen LogP contribution in [-0.2, 0) is 0 Å². The first-order chi connectivity index (χ1) is 9.72. The molecule has 0 aliphatic rings. The first kappa shape index (κ1) is 18.1. The highest BCUT2D eigenvalue weighted by molar-refractivity contribution is 5.27. The molecule has 0 fully saturated rings. The van der Waals surface area contributed by atoms with E-state index < -0.39 is 0 Å². The highest BCUT2D eigenvalue weighted by atomic mass is 19.1. The second-order valence-electron chi connectivity index (χ2n) is 6.50. The van der Waals surface area contributed by atoms with Gasteiger partial charge >= 0.3 is 0 Å². The lowest BCUT2D eigenvalue weighted by atomic mass is 10.0. The van der Waals surface area contributed by atoms with E-state index in [0.717, 1.165) is 13.0 Å². The SMILES string of the molecule is Cc1cc(F)c(C(C)NCC(CC(C)C)N(C)C)cc1F. The van der Waals surface area contributed by atoms with Gasteiger partial charge in [0.2, 0.25) is 0 Å². The van der Waals surface area contributed by atoms with Crippen molar-refractivity contribution >= 4 is 0 Å². The quantitative estimate of drug-likeness (QED) is 0.821. The van der Waals surface area contributed by atoms with Crippen molar-refractivity contribution < 1.29 is 8.78 Å². The standard InChI is InChI=1S/C17H28F2N2/c1-11(2)7-14(21(5)6)10-20-13(4)15-9-16(18)12(3)8-17(15)19/h8-9,11,13-14,20H,7,10H2,1-6H3. The van der Waals surface area contributed by atoms with Crippen LogP contribution in [0.2, 0.25) is 0 Å². The number of hydrogen-bond donors (Lipinski definition) is 1. The van der Waals surface area contributed by atoms with Gasteiger partial charge in [0.15, 0.2) is 0 Å². The van der Waals surface area contributed by atoms with Crippen LogP contribution in [0.3, 0.4) is 0 Å². The van der Waals surface area contributed by atoms with Crippen molar-refractivity contribution in [3.63, 3.8) is 0 Å². The van der Waals surface area contributed by atoms with Gasteiger partial charge in [-0.05, 0) is 58.0 Å². The van der Waals surface area contributed by atoms with Gasteiger partial charge in [0.1, 0.15) is 11.6 Å². The zero-order valence-electron chi connectivity index (χ0n) is 14.0. The summed E-state index contributed by atoms with van der Waals surface area (Å²) in [6, 6.07) is 2.73. The van der Waals surface area contributed by atoms with Crippen molar-refractivity contribution in [1.29, 1.82) is 0 Å². The van der Waals surface area contributed by atoms with Crippen LogP contribution < -0.4 is 5.32 Å². The van der Waals surface area contributed by atoms with Crippen molar-refractivity contribution in [2.75, 3.05) is 20.6 Å². The topological polar surface area (TPSA) is 15.3 Å². The monoisotopic (exact) mass is 298 g/mol. The van der Waals surface area contributed by atoms with Gasteiger partial charge in [-0.1, -0.05) is 13.8 Å². The van der Waals surface area contributed by atoms with E-state index in [4.69, 9.17) is 0 Å². The molecule has 0 saturated carbocycles. The van der Waals surface area contributed by atoms with Crippen LogP contribution in [0.5, 0.6) is 0 Å². The summed E-state index contributed by atoms with van der Waals surface area (Å²) in [5.41, 5.74) is 0.731. The molecule has 2 atom stereocenters. The third kappa shape index (κ3) is 5.36. The van der Waals surface area contributed by atoms with Crippen molar-refractivity contribution in [2.24, 2.45) is 5.92 Å². The Morgan fingerprint density at radius 3 is 2.24 bits per heavy atom. The number of aryl methyl sites for hydroxylation is 1. The molecule has 0 spiro atoms. The Bertz CT molecular complexity index is 458. The molecule has 1 N–H and O–H groups in total. The third-order valence-electron chi connectivity index (χ3n) is 3.88. The normalized spacial score (nSPS) is 14.8. The molecule has 21 heavy (non-hydrogen) atoms. The van der Waals surface area contributed by atoms with Crippen LogP contribution in [0.15, 0.2) is 12.1 Å². The lowest BCUT2D eigenvalue weighted by molar-refractivity contribution is 0.241. The number of nitrogens with zero attached hydrogens (tertiary/aromatic N) is 1. The average molecular weight is 298 g/mol. The summed E-state index contributed by atoms with van der Waals surface area (Å²) in [6.07, 6.45) is 1.07. The van der Waals surface area contributed by atoms with Gasteiger partial charge in [-0.2, -0.15) is 0 Å². The third-order valence-corrected chi connectivity index (χ3v) is 3.88. The van der Waals surface area contributed by atoms with Crippen LogP contribution >= 0.6 is 0 Å². The van der Waals surface area contributed by atoms with Crippen molar-refractivity contribution in [2.45, 2.75) is 46.2 Å². The molecule has 1 aromatic carbocycles. The summed E-state index contributed by atoms with van der Waals surface area (Å²) in [4.78, 5) is 2.17. The molecule has 0 saturated heterocycles. The number of hydrogen-bond acceptors (Lipinski definition) is 2. The van der Waals surface area contributed by atoms with Gasteiger partial charge in [0, 0.05) is 24.2 Å². The fraction of sp³-hybridized carbons (Fsp3) is 0.647. The van der Waals surface area contributed by atoms with Crippen LogP contribution in [0.25, 0.3) is 0 Å². The predicted molar refractivity (Wildman–Crippen MR) is 84.4 cm³/mol. The Morgan fingerprint density at radius 2 is 1.71 bits per heavy atom. The number of nitrogens with one attached hydrogen (secondary N) is 1. The minimum absolute atomic E-state index is 0.213. The Hall–Kier alpha value is -1.00. The molecule has 0 radical (unpaired) electrons. The molecule has 1 aromatic rings. The summed E-state index contributed by atoms with van der Waals surface area (Å²) in [5, 5.41) is 3.32. The summed E-state index contributed by atoms with van der Waals surface area (Å²) in [6.45, 7) is 8.57. The molecular formula is C17H28F2N2. The van der Waals surface area contributed by atoms with E-state index in [-0.39, 0.29) is 17.7 Å². The molecule has 2 unspecified atom stereocenters. The lowest BCUT2D eigenvalue weighted by Crippen LogP contribution is -2.39. The van der Waals surface area contributed by atoms with Crippen molar-refractivity contribution in [3.05, 3.63) is 34.9 Å². The fourth-order valence-corrected chi connectivity index (χ4v) is 2.44. The van der Waals surface area contributed by atoms with Gasteiger partial charge in [-0.3, -0.25) is 0 Å². The molecule has 1 rings (SSSR count). The molecule has 0 heterocycles. The van der Waals surface area contributed by atoms with Crippen LogP contribution in [0, 0.1) is 24.5 Å². The van der Waals surface area contributed by atoms with E-state index in [9.17, 15) is 8.78 Å². The highest BCUT2D eigenvalue weighted by Crippen LogP contribution is 2.21. The summed E-state index contributed by atoms with van der Waals surface area (Å²) in [5.74, 6) is -0.103. The Morgan fingerprint density at radius 1 is 1.10 bits per heavy atom. The first-order valence-electron chi connectivity index (χ1n) is 7.57. The predicted octanol–water partition coefficient (Wildman–Crippen LogP) is 3.90. The van der Waals surface area contributed by atoms with Gasteiger partial charge in [-0.15, -0.1) is 0 Å². The largest absolute Gasteiger partial charge is 0.309 e. The fourth-order valence-electron chi connectivity index (χ4n) is 2.44. The zero-order chi connectivity index (χ0) is 16.2. The van der Waals surface area contributed by atoms with E-state index >= 15 is 0 Å². The number of rotatable bonds is 7.